The molecule has 0 radical (unpaired) electrons. The van der Waals surface area contributed by atoms with Gasteiger partial charge in [0.1, 0.15) is 5.75 Å². The summed E-state index contributed by atoms with van der Waals surface area (Å²) in [7, 11) is 5.57. The zero-order chi connectivity index (χ0) is 19.7. The number of aliphatic hydroxyl groups is 1. The van der Waals surface area contributed by atoms with E-state index in [9.17, 15) is 5.11 Å². The quantitative estimate of drug-likeness (QED) is 0.858. The van der Waals surface area contributed by atoms with Crippen LogP contribution in [0.25, 0.3) is 0 Å². The Hall–Kier alpha value is -2.18. The van der Waals surface area contributed by atoms with Gasteiger partial charge < -0.3 is 14.7 Å². The van der Waals surface area contributed by atoms with Crippen LogP contribution in [0.1, 0.15) is 30.4 Å². The molecule has 0 bridgehead atoms. The molecule has 1 saturated heterocycles. The molecule has 0 spiro atoms. The predicted octanol–water partition coefficient (Wildman–Crippen LogP) is 2.67. The van der Waals surface area contributed by atoms with Gasteiger partial charge in [-0.25, -0.2) is 9.97 Å². The van der Waals surface area contributed by atoms with E-state index in [1.165, 1.54) is 6.42 Å². The summed E-state index contributed by atoms with van der Waals surface area (Å²) in [5.41, 5.74) is 1.23. The largest absolute Gasteiger partial charge is 0.496 e. The van der Waals surface area contributed by atoms with Crippen molar-refractivity contribution < 1.29 is 9.84 Å². The Balaban J connectivity index is 1.53. The number of para-hydroxylation sites is 1. The Morgan fingerprint density at radius 2 is 1.96 bits per heavy atom. The zero-order valence-electron chi connectivity index (χ0n) is 17.0. The summed E-state index contributed by atoms with van der Waals surface area (Å²) in [5, 5.41) is 11.8. The number of rotatable bonds is 5. The number of hydrogen-bond acceptors (Lipinski definition) is 6. The minimum Gasteiger partial charge on any atom is -0.496 e. The molecule has 1 aromatic carbocycles. The molecule has 1 aliphatic heterocycles. The van der Waals surface area contributed by atoms with Crippen LogP contribution in [0.2, 0.25) is 0 Å². The van der Waals surface area contributed by atoms with Gasteiger partial charge in [-0.1, -0.05) is 18.2 Å². The monoisotopic (exact) mass is 382 g/mol. The summed E-state index contributed by atoms with van der Waals surface area (Å²) >= 11 is 0. The summed E-state index contributed by atoms with van der Waals surface area (Å²) in [6, 6.07) is 7.94. The predicted molar refractivity (Wildman–Crippen MR) is 109 cm³/mol. The number of ether oxygens (including phenoxy) is 1. The number of aromatic nitrogens is 2. The summed E-state index contributed by atoms with van der Waals surface area (Å²) < 4.78 is 5.57. The first-order valence-electron chi connectivity index (χ1n) is 10.1. The normalized spacial score (nSPS) is 27.4. The molecular formula is C22H30N4O2. The van der Waals surface area contributed by atoms with E-state index in [2.05, 4.69) is 14.9 Å². The maximum Gasteiger partial charge on any atom is 0.224 e. The average molecular weight is 383 g/mol. The summed E-state index contributed by atoms with van der Waals surface area (Å²) in [4.78, 5) is 13.2. The van der Waals surface area contributed by atoms with Gasteiger partial charge in [0.2, 0.25) is 5.95 Å². The van der Waals surface area contributed by atoms with Crippen LogP contribution in [-0.4, -0.2) is 54.3 Å². The lowest BCUT2D eigenvalue weighted by molar-refractivity contribution is -0.0662. The van der Waals surface area contributed by atoms with Gasteiger partial charge in [0, 0.05) is 63.2 Å². The van der Waals surface area contributed by atoms with Crippen LogP contribution in [0.3, 0.4) is 0 Å². The first-order valence-corrected chi connectivity index (χ1v) is 10.1. The summed E-state index contributed by atoms with van der Waals surface area (Å²) in [6.45, 7) is 2.72. The van der Waals surface area contributed by atoms with E-state index >= 15 is 0 Å². The van der Waals surface area contributed by atoms with Crippen molar-refractivity contribution in [2.24, 2.45) is 11.8 Å². The van der Waals surface area contributed by atoms with Gasteiger partial charge >= 0.3 is 0 Å². The first-order chi connectivity index (χ1) is 13.5. The van der Waals surface area contributed by atoms with E-state index in [1.54, 1.807) is 7.11 Å². The summed E-state index contributed by atoms with van der Waals surface area (Å²) in [6.07, 6.45) is 6.84. The Morgan fingerprint density at radius 1 is 1.21 bits per heavy atom. The Morgan fingerprint density at radius 3 is 2.68 bits per heavy atom. The van der Waals surface area contributed by atoms with Crippen LogP contribution in [0.4, 0.5) is 5.95 Å². The Kier molecular flexibility index (Phi) is 5.25. The van der Waals surface area contributed by atoms with Gasteiger partial charge in [-0.15, -0.1) is 0 Å². The SMILES string of the molecule is COc1ccccc1C1(O)CCCC2CN(Cc3cnc(N(C)C)nc3)CC21. The van der Waals surface area contributed by atoms with Crippen molar-refractivity contribution in [2.45, 2.75) is 31.4 Å². The van der Waals surface area contributed by atoms with Crippen molar-refractivity contribution in [1.29, 1.82) is 0 Å². The number of likely N-dealkylation sites (tertiary alicyclic amines) is 1. The van der Waals surface area contributed by atoms with Crippen molar-refractivity contribution in [3.8, 4) is 5.75 Å². The summed E-state index contributed by atoms with van der Waals surface area (Å²) in [5.74, 6) is 2.24. The molecule has 0 amide bonds. The highest BCUT2D eigenvalue weighted by Crippen LogP contribution is 2.50. The third kappa shape index (κ3) is 3.47. The molecule has 4 rings (SSSR count). The van der Waals surface area contributed by atoms with E-state index in [0.29, 0.717) is 5.92 Å². The molecule has 2 aliphatic rings. The van der Waals surface area contributed by atoms with Crippen molar-refractivity contribution in [1.82, 2.24) is 14.9 Å². The fourth-order valence-corrected chi connectivity index (χ4v) is 5.00. The van der Waals surface area contributed by atoms with Gasteiger partial charge in [0.05, 0.1) is 12.7 Å². The van der Waals surface area contributed by atoms with E-state index in [1.807, 2.05) is 55.7 Å². The maximum atomic E-state index is 11.8. The fraction of sp³-hybridized carbons (Fsp3) is 0.545. The topological polar surface area (TPSA) is 61.7 Å². The third-order valence-corrected chi connectivity index (χ3v) is 6.33. The van der Waals surface area contributed by atoms with Crippen LogP contribution >= 0.6 is 0 Å². The van der Waals surface area contributed by atoms with Gasteiger partial charge in [0.25, 0.3) is 0 Å². The highest BCUT2D eigenvalue weighted by Gasteiger charge is 2.50. The number of benzene rings is 1. The second-order valence-electron chi connectivity index (χ2n) is 8.36. The maximum absolute atomic E-state index is 11.8. The molecule has 1 aromatic heterocycles. The second-order valence-corrected chi connectivity index (χ2v) is 8.36. The molecule has 1 aliphatic carbocycles. The smallest absolute Gasteiger partial charge is 0.224 e. The van der Waals surface area contributed by atoms with Crippen LogP contribution in [-0.2, 0) is 12.1 Å². The highest BCUT2D eigenvalue weighted by atomic mass is 16.5. The molecule has 3 unspecified atom stereocenters. The Bertz CT molecular complexity index is 810. The van der Waals surface area contributed by atoms with Gasteiger partial charge in [0.15, 0.2) is 0 Å². The van der Waals surface area contributed by atoms with E-state index in [4.69, 9.17) is 4.74 Å². The standard InChI is InChI=1S/C22H30N4O2/c1-25(2)21-23-11-16(12-24-21)13-26-14-17-7-6-10-22(27,19(17)15-26)18-8-4-5-9-20(18)28-3/h4-5,8-9,11-12,17,19,27H,6-7,10,13-15H2,1-3H3. The number of nitrogens with zero attached hydrogens (tertiary/aromatic N) is 4. The molecule has 2 fully saturated rings. The van der Waals surface area contributed by atoms with Crippen molar-refractivity contribution >= 4 is 5.95 Å². The van der Waals surface area contributed by atoms with Crippen molar-refractivity contribution in [3.05, 3.63) is 47.8 Å². The van der Waals surface area contributed by atoms with Gasteiger partial charge in [-0.05, 0) is 31.2 Å². The van der Waals surface area contributed by atoms with Crippen LogP contribution in [0.15, 0.2) is 36.7 Å². The van der Waals surface area contributed by atoms with Crippen LogP contribution in [0, 0.1) is 11.8 Å². The molecule has 2 heterocycles. The van der Waals surface area contributed by atoms with E-state index < -0.39 is 5.60 Å². The molecule has 1 N–H and O–H groups in total. The van der Waals surface area contributed by atoms with E-state index in [0.717, 1.165) is 55.3 Å². The second kappa shape index (κ2) is 7.68. The van der Waals surface area contributed by atoms with Crippen molar-refractivity contribution in [3.63, 3.8) is 0 Å². The molecule has 6 nitrogen and oxygen atoms in total. The number of hydrogen-bond donors (Lipinski definition) is 1. The van der Waals surface area contributed by atoms with Crippen molar-refractivity contribution in [2.75, 3.05) is 39.2 Å². The number of methoxy groups -OCH3 is 1. The van der Waals surface area contributed by atoms with Crippen LogP contribution < -0.4 is 9.64 Å². The molecular weight excluding hydrogens is 352 g/mol. The third-order valence-electron chi connectivity index (χ3n) is 6.33. The lowest BCUT2D eigenvalue weighted by Gasteiger charge is -2.42. The minimum atomic E-state index is -0.824. The molecule has 1 saturated carbocycles. The van der Waals surface area contributed by atoms with Gasteiger partial charge in [-0.3, -0.25) is 4.90 Å². The average Bonchev–Trinajstić information content (AvgIpc) is 3.12. The Labute approximate surface area is 167 Å². The molecule has 28 heavy (non-hydrogen) atoms. The fourth-order valence-electron chi connectivity index (χ4n) is 5.00. The lowest BCUT2D eigenvalue weighted by atomic mass is 9.67. The molecule has 2 aromatic rings. The molecule has 6 heteroatoms. The highest BCUT2D eigenvalue weighted by molar-refractivity contribution is 5.39. The van der Waals surface area contributed by atoms with Crippen LogP contribution in [0.5, 0.6) is 5.75 Å². The van der Waals surface area contributed by atoms with Gasteiger partial charge in [-0.2, -0.15) is 0 Å². The number of fused-ring (bicyclic) bond motifs is 1. The first kappa shape index (κ1) is 19.2. The molecule has 3 atom stereocenters. The lowest BCUT2D eigenvalue weighted by Crippen LogP contribution is -2.43. The number of anilines is 1. The minimum absolute atomic E-state index is 0.222. The van der Waals surface area contributed by atoms with E-state index in [-0.39, 0.29) is 5.92 Å². The zero-order valence-corrected chi connectivity index (χ0v) is 17.0. The molecule has 150 valence electrons.